The monoisotopic (exact) mass is 106 g/mol. The van der Waals surface area contributed by atoms with Crippen LogP contribution in [0, 0.1) is 0 Å². The highest BCUT2D eigenvalue weighted by atomic mass is 16.7. The summed E-state index contributed by atoms with van der Waals surface area (Å²) in [6, 6.07) is 0. The summed E-state index contributed by atoms with van der Waals surface area (Å²) in [5, 5.41) is 8.56. The lowest BCUT2D eigenvalue weighted by molar-refractivity contribution is -0.204. The van der Waals surface area contributed by atoms with Gasteiger partial charge in [0.05, 0.1) is 0 Å². The summed E-state index contributed by atoms with van der Waals surface area (Å²) in [6.45, 7) is 1.66. The van der Waals surface area contributed by atoms with Crippen molar-refractivity contribution < 1.29 is 9.94 Å². The lowest BCUT2D eigenvalue weighted by atomic mass is 10.4. The van der Waals surface area contributed by atoms with Crippen LogP contribution in [0.5, 0.6) is 0 Å². The predicted octanol–water partition coefficient (Wildman–Crippen LogP) is -1.11. The molecule has 7 heavy (non-hydrogen) atoms. The second-order valence-electron chi connectivity index (χ2n) is 1.32. The van der Waals surface area contributed by atoms with Gasteiger partial charge in [0.15, 0.2) is 0 Å². The average Bonchev–Trinajstić information content (AvgIpc) is 1.68. The molecule has 0 fully saturated rings. The van der Waals surface area contributed by atoms with Crippen molar-refractivity contribution in [2.45, 2.75) is 19.3 Å². The van der Waals surface area contributed by atoms with Gasteiger partial charge in [-0.2, -0.15) is 0 Å². The van der Waals surface area contributed by atoms with Gasteiger partial charge < -0.3 is 5.11 Å². The summed E-state index contributed by atoms with van der Waals surface area (Å²) in [7, 11) is 0. The third-order valence-electron chi connectivity index (χ3n) is 0.711. The summed E-state index contributed by atoms with van der Waals surface area (Å²) in [6.07, 6.45) is 0.281. The van der Waals surface area contributed by atoms with Crippen molar-refractivity contribution >= 4 is 0 Å². The van der Waals surface area contributed by atoms with Gasteiger partial charge in [0.2, 0.25) is 5.91 Å². The molecule has 0 heterocycles. The third kappa shape index (κ3) is 2.52. The minimum Gasteiger partial charge on any atom is -0.352 e. The Morgan fingerprint density at radius 3 is 2.29 bits per heavy atom. The van der Waals surface area contributed by atoms with Crippen LogP contribution >= 0.6 is 0 Å². The number of aliphatic hydroxyl groups is 1. The highest BCUT2D eigenvalue weighted by Gasteiger charge is 2.15. The summed E-state index contributed by atoms with van der Waals surface area (Å²) >= 11 is 0. The van der Waals surface area contributed by atoms with Crippen LogP contribution in [0.25, 0.3) is 0 Å². The SMILES string of the molecule is CCC(N)(O)ON. The Morgan fingerprint density at radius 2 is 2.29 bits per heavy atom. The standard InChI is InChI=1S/C3H10N2O2/c1-2-3(4,6)7-5/h6H,2,4-5H2,1H3. The lowest BCUT2D eigenvalue weighted by Gasteiger charge is -2.16. The predicted molar refractivity (Wildman–Crippen MR) is 24.7 cm³/mol. The molecule has 0 spiro atoms. The van der Waals surface area contributed by atoms with E-state index in [0.717, 1.165) is 0 Å². The van der Waals surface area contributed by atoms with Crippen molar-refractivity contribution in [3.8, 4) is 0 Å². The van der Waals surface area contributed by atoms with Gasteiger partial charge in [-0.05, 0) is 0 Å². The highest BCUT2D eigenvalue weighted by Crippen LogP contribution is 1.96. The van der Waals surface area contributed by atoms with Crippen LogP contribution in [-0.2, 0) is 4.84 Å². The Balaban J connectivity index is 3.36. The molecule has 4 heteroatoms. The van der Waals surface area contributed by atoms with Crippen molar-refractivity contribution in [1.29, 1.82) is 0 Å². The van der Waals surface area contributed by atoms with E-state index in [-0.39, 0.29) is 6.42 Å². The second-order valence-corrected chi connectivity index (χ2v) is 1.32. The maximum Gasteiger partial charge on any atom is 0.239 e. The Hall–Kier alpha value is -0.160. The van der Waals surface area contributed by atoms with Crippen LogP contribution in [0.4, 0.5) is 0 Å². The summed E-state index contributed by atoms with van der Waals surface area (Å²) in [5.74, 6) is 2.90. The molecular weight excluding hydrogens is 96.0 g/mol. The van der Waals surface area contributed by atoms with E-state index < -0.39 is 5.91 Å². The van der Waals surface area contributed by atoms with Crippen molar-refractivity contribution in [1.82, 2.24) is 0 Å². The van der Waals surface area contributed by atoms with E-state index in [0.29, 0.717) is 0 Å². The Labute approximate surface area is 42.0 Å². The molecule has 0 aromatic carbocycles. The van der Waals surface area contributed by atoms with Gasteiger partial charge >= 0.3 is 0 Å². The average molecular weight is 106 g/mol. The molecule has 4 nitrogen and oxygen atoms in total. The van der Waals surface area contributed by atoms with Crippen LogP contribution in [-0.4, -0.2) is 11.0 Å². The molecule has 0 saturated carbocycles. The molecule has 0 bridgehead atoms. The first kappa shape index (κ1) is 6.84. The van der Waals surface area contributed by atoms with Gasteiger partial charge in [0.1, 0.15) is 0 Å². The van der Waals surface area contributed by atoms with Crippen molar-refractivity contribution in [3.05, 3.63) is 0 Å². The zero-order valence-electron chi connectivity index (χ0n) is 4.22. The fourth-order valence-electron chi connectivity index (χ4n) is 0.0833. The van der Waals surface area contributed by atoms with E-state index in [4.69, 9.17) is 10.8 Å². The fraction of sp³-hybridized carbons (Fsp3) is 1.00. The van der Waals surface area contributed by atoms with Crippen molar-refractivity contribution in [2.75, 3.05) is 0 Å². The molecule has 0 amide bonds. The van der Waals surface area contributed by atoms with E-state index in [1.807, 2.05) is 0 Å². The first-order valence-corrected chi connectivity index (χ1v) is 2.01. The van der Waals surface area contributed by atoms with Crippen LogP contribution < -0.4 is 11.6 Å². The molecular formula is C3H10N2O2. The smallest absolute Gasteiger partial charge is 0.239 e. The van der Waals surface area contributed by atoms with Gasteiger partial charge in [0, 0.05) is 6.42 Å². The third-order valence-corrected chi connectivity index (χ3v) is 0.711. The molecule has 44 valence electrons. The van der Waals surface area contributed by atoms with Crippen LogP contribution in [0.15, 0.2) is 0 Å². The Bertz CT molecular complexity index is 48.9. The molecule has 0 aliphatic carbocycles. The first-order chi connectivity index (χ1) is 3.12. The van der Waals surface area contributed by atoms with Crippen molar-refractivity contribution in [3.63, 3.8) is 0 Å². The number of rotatable bonds is 2. The van der Waals surface area contributed by atoms with Crippen LogP contribution in [0.3, 0.4) is 0 Å². The van der Waals surface area contributed by atoms with E-state index in [2.05, 4.69) is 10.7 Å². The molecule has 0 aliphatic rings. The Kier molecular flexibility index (Phi) is 2.17. The van der Waals surface area contributed by atoms with E-state index in [1.165, 1.54) is 0 Å². The normalized spacial score (nSPS) is 18.9. The number of hydrogen-bond donors (Lipinski definition) is 3. The lowest BCUT2D eigenvalue weighted by Crippen LogP contribution is -2.43. The van der Waals surface area contributed by atoms with Gasteiger partial charge in [-0.15, -0.1) is 0 Å². The molecule has 0 rings (SSSR count). The van der Waals surface area contributed by atoms with Crippen LogP contribution in [0.1, 0.15) is 13.3 Å². The summed E-state index contributed by atoms with van der Waals surface area (Å²) < 4.78 is 0. The van der Waals surface area contributed by atoms with Gasteiger partial charge in [0.25, 0.3) is 0 Å². The molecule has 1 unspecified atom stereocenters. The molecule has 0 aliphatic heterocycles. The van der Waals surface area contributed by atoms with Crippen LogP contribution in [0.2, 0.25) is 0 Å². The quantitative estimate of drug-likeness (QED) is 0.308. The van der Waals surface area contributed by atoms with Gasteiger partial charge in [-0.1, -0.05) is 6.92 Å². The molecule has 1 atom stereocenters. The molecule has 5 N–H and O–H groups in total. The Morgan fingerprint density at radius 1 is 1.86 bits per heavy atom. The minimum atomic E-state index is -1.64. The summed E-state index contributed by atoms with van der Waals surface area (Å²) in [5.41, 5.74) is 4.92. The highest BCUT2D eigenvalue weighted by molar-refractivity contribution is 4.48. The molecule has 0 saturated heterocycles. The number of nitrogens with two attached hydrogens (primary N) is 2. The maximum atomic E-state index is 8.56. The van der Waals surface area contributed by atoms with E-state index in [9.17, 15) is 0 Å². The zero-order valence-corrected chi connectivity index (χ0v) is 4.22. The van der Waals surface area contributed by atoms with E-state index >= 15 is 0 Å². The van der Waals surface area contributed by atoms with E-state index in [1.54, 1.807) is 6.92 Å². The zero-order chi connectivity index (χ0) is 5.91. The minimum absolute atomic E-state index is 0.281. The maximum absolute atomic E-state index is 8.56. The second kappa shape index (κ2) is 2.23. The first-order valence-electron chi connectivity index (χ1n) is 2.01. The van der Waals surface area contributed by atoms with Gasteiger partial charge in [-0.3, -0.25) is 10.6 Å². The molecule has 0 aromatic heterocycles. The number of hydrogen-bond acceptors (Lipinski definition) is 4. The van der Waals surface area contributed by atoms with Gasteiger partial charge in [-0.25, -0.2) is 5.90 Å². The summed E-state index contributed by atoms with van der Waals surface area (Å²) in [4.78, 5) is 3.92. The van der Waals surface area contributed by atoms with Crippen molar-refractivity contribution in [2.24, 2.45) is 11.6 Å². The molecule has 0 radical (unpaired) electrons. The fourth-order valence-corrected chi connectivity index (χ4v) is 0.0833. The largest absolute Gasteiger partial charge is 0.352 e. The topological polar surface area (TPSA) is 81.5 Å². The molecule has 0 aromatic rings.